The quantitative estimate of drug-likeness (QED) is 0.456. The maximum atomic E-state index is 12.5. The van der Waals surface area contributed by atoms with Crippen molar-refractivity contribution in [2.24, 2.45) is 0 Å². The van der Waals surface area contributed by atoms with Crippen LogP contribution in [-0.4, -0.2) is 12.4 Å². The van der Waals surface area contributed by atoms with Gasteiger partial charge in [-0.2, -0.15) is 0 Å². The molecule has 2 nitrogen and oxygen atoms in total. The van der Waals surface area contributed by atoms with Crippen molar-refractivity contribution in [1.82, 2.24) is 0 Å². The molecule has 108 valence electrons. The standard InChI is InChI=1S/C16H11BrClIO2/c17-12-5-10-3-4-21-16(10)11(6-12)8-15(20)9-1-2-14(19)13(18)7-9/h1-2,5-7H,3-4,8H2. The molecule has 3 rings (SSSR count). The largest absolute Gasteiger partial charge is 0.493 e. The van der Waals surface area contributed by atoms with Crippen LogP contribution >= 0.6 is 50.1 Å². The number of halogens is 3. The summed E-state index contributed by atoms with van der Waals surface area (Å²) in [6.07, 6.45) is 1.21. The molecule has 21 heavy (non-hydrogen) atoms. The first-order valence-corrected chi connectivity index (χ1v) is 8.72. The van der Waals surface area contributed by atoms with Crippen molar-refractivity contribution in [2.45, 2.75) is 12.8 Å². The Hall–Kier alpha value is -0.590. The molecule has 0 saturated carbocycles. The number of fused-ring (bicyclic) bond motifs is 1. The van der Waals surface area contributed by atoms with Crippen LogP contribution in [0, 0.1) is 3.57 Å². The Balaban J connectivity index is 1.90. The summed E-state index contributed by atoms with van der Waals surface area (Å²) in [6, 6.07) is 9.41. The van der Waals surface area contributed by atoms with Gasteiger partial charge in [-0.15, -0.1) is 0 Å². The normalized spacial score (nSPS) is 12.9. The van der Waals surface area contributed by atoms with Crippen molar-refractivity contribution >= 4 is 55.9 Å². The number of Topliss-reactive ketones (excluding diaryl/α,β-unsaturated/α-hetero) is 1. The van der Waals surface area contributed by atoms with E-state index in [-0.39, 0.29) is 5.78 Å². The van der Waals surface area contributed by atoms with Gasteiger partial charge in [0.15, 0.2) is 5.78 Å². The first-order valence-electron chi connectivity index (χ1n) is 6.47. The molecular formula is C16H11BrClIO2. The third kappa shape index (κ3) is 3.27. The second-order valence-electron chi connectivity index (χ2n) is 4.88. The van der Waals surface area contributed by atoms with Crippen LogP contribution in [-0.2, 0) is 12.8 Å². The minimum Gasteiger partial charge on any atom is -0.493 e. The molecule has 0 spiro atoms. The van der Waals surface area contributed by atoms with E-state index in [0.717, 1.165) is 31.3 Å². The molecule has 1 aliphatic rings. The summed E-state index contributed by atoms with van der Waals surface area (Å²) < 4.78 is 7.59. The fourth-order valence-corrected chi connectivity index (χ4v) is 3.49. The third-order valence-corrected chi connectivity index (χ3v) is 5.45. The highest BCUT2D eigenvalue weighted by atomic mass is 127. The summed E-state index contributed by atoms with van der Waals surface area (Å²) in [5, 5.41) is 0.608. The highest BCUT2D eigenvalue weighted by Gasteiger charge is 2.20. The third-order valence-electron chi connectivity index (χ3n) is 3.42. The average molecular weight is 478 g/mol. The van der Waals surface area contributed by atoms with Gasteiger partial charge in [0.25, 0.3) is 0 Å². The number of hydrogen-bond acceptors (Lipinski definition) is 2. The second kappa shape index (κ2) is 6.26. The lowest BCUT2D eigenvalue weighted by Crippen LogP contribution is -2.05. The van der Waals surface area contributed by atoms with Crippen molar-refractivity contribution in [3.63, 3.8) is 0 Å². The smallest absolute Gasteiger partial charge is 0.167 e. The van der Waals surface area contributed by atoms with Crippen LogP contribution < -0.4 is 4.74 Å². The van der Waals surface area contributed by atoms with E-state index < -0.39 is 0 Å². The van der Waals surface area contributed by atoms with E-state index in [4.69, 9.17) is 16.3 Å². The van der Waals surface area contributed by atoms with Crippen LogP contribution in [0.1, 0.15) is 21.5 Å². The number of carbonyl (C=O) groups is 1. The van der Waals surface area contributed by atoms with Crippen molar-refractivity contribution in [2.75, 3.05) is 6.61 Å². The van der Waals surface area contributed by atoms with E-state index in [2.05, 4.69) is 44.6 Å². The van der Waals surface area contributed by atoms with Gasteiger partial charge in [0, 0.05) is 32.0 Å². The molecule has 0 fully saturated rings. The van der Waals surface area contributed by atoms with Gasteiger partial charge >= 0.3 is 0 Å². The van der Waals surface area contributed by atoms with Crippen molar-refractivity contribution in [3.05, 3.63) is 60.1 Å². The summed E-state index contributed by atoms with van der Waals surface area (Å²) in [4.78, 5) is 12.5. The summed E-state index contributed by atoms with van der Waals surface area (Å²) >= 11 is 11.7. The molecule has 0 N–H and O–H groups in total. The zero-order chi connectivity index (χ0) is 15.0. The van der Waals surface area contributed by atoms with Crippen LogP contribution in [0.5, 0.6) is 5.75 Å². The van der Waals surface area contributed by atoms with E-state index >= 15 is 0 Å². The van der Waals surface area contributed by atoms with Gasteiger partial charge in [-0.05, 0) is 52.4 Å². The Labute approximate surface area is 150 Å². The summed E-state index contributed by atoms with van der Waals surface area (Å²) in [6.45, 7) is 0.683. The molecule has 1 aliphatic heterocycles. The Kier molecular flexibility index (Phi) is 4.57. The van der Waals surface area contributed by atoms with E-state index in [1.165, 1.54) is 0 Å². The fourth-order valence-electron chi connectivity index (χ4n) is 2.42. The van der Waals surface area contributed by atoms with Crippen LogP contribution in [0.15, 0.2) is 34.8 Å². The van der Waals surface area contributed by atoms with E-state index in [9.17, 15) is 4.79 Å². The summed E-state index contributed by atoms with van der Waals surface area (Å²) in [7, 11) is 0. The highest BCUT2D eigenvalue weighted by molar-refractivity contribution is 14.1. The number of ether oxygens (including phenoxy) is 1. The molecule has 5 heteroatoms. The van der Waals surface area contributed by atoms with Crippen LogP contribution in [0.3, 0.4) is 0 Å². The highest BCUT2D eigenvalue weighted by Crippen LogP contribution is 2.34. The van der Waals surface area contributed by atoms with E-state index in [1.807, 2.05) is 18.2 Å². The summed E-state index contributed by atoms with van der Waals surface area (Å²) in [5.74, 6) is 0.909. The molecule has 0 atom stereocenters. The van der Waals surface area contributed by atoms with Crippen molar-refractivity contribution in [1.29, 1.82) is 0 Å². The Bertz CT molecular complexity index is 730. The first kappa shape index (κ1) is 15.3. The number of ketones is 1. The molecule has 0 radical (unpaired) electrons. The zero-order valence-electron chi connectivity index (χ0n) is 11.0. The average Bonchev–Trinajstić information content (AvgIpc) is 2.90. The molecule has 2 aromatic carbocycles. The first-order chi connectivity index (χ1) is 10.0. The van der Waals surface area contributed by atoms with Crippen molar-refractivity contribution in [3.8, 4) is 5.75 Å². The van der Waals surface area contributed by atoms with Crippen LogP contribution in [0.25, 0.3) is 0 Å². The molecule has 0 unspecified atom stereocenters. The Morgan fingerprint density at radius 2 is 2.14 bits per heavy atom. The van der Waals surface area contributed by atoms with Gasteiger partial charge in [0.05, 0.1) is 11.6 Å². The van der Waals surface area contributed by atoms with Gasteiger partial charge in [0.2, 0.25) is 0 Å². The zero-order valence-corrected chi connectivity index (χ0v) is 15.5. The maximum absolute atomic E-state index is 12.5. The number of rotatable bonds is 3. The van der Waals surface area contributed by atoms with E-state index in [0.29, 0.717) is 23.6 Å². The van der Waals surface area contributed by atoms with Crippen LogP contribution in [0.4, 0.5) is 0 Å². The van der Waals surface area contributed by atoms with Crippen molar-refractivity contribution < 1.29 is 9.53 Å². The van der Waals surface area contributed by atoms with Crippen LogP contribution in [0.2, 0.25) is 5.02 Å². The van der Waals surface area contributed by atoms with Gasteiger partial charge in [-0.3, -0.25) is 4.79 Å². The molecule has 0 bridgehead atoms. The van der Waals surface area contributed by atoms with Gasteiger partial charge in [-0.25, -0.2) is 0 Å². The van der Waals surface area contributed by atoms with Gasteiger partial charge < -0.3 is 4.74 Å². The lowest BCUT2D eigenvalue weighted by molar-refractivity contribution is 0.0992. The molecule has 0 amide bonds. The summed E-state index contributed by atoms with van der Waals surface area (Å²) in [5.41, 5.74) is 2.72. The topological polar surface area (TPSA) is 26.3 Å². The predicted octanol–water partition coefficient (Wildman–Crippen LogP) is 5.07. The lowest BCUT2D eigenvalue weighted by atomic mass is 10.00. The Morgan fingerprint density at radius 3 is 2.90 bits per heavy atom. The SMILES string of the molecule is O=C(Cc1cc(Br)cc2c1OCC2)c1ccc(I)c(Cl)c1. The number of benzene rings is 2. The molecule has 0 aromatic heterocycles. The molecule has 0 saturated heterocycles. The molecular weight excluding hydrogens is 466 g/mol. The molecule has 2 aromatic rings. The van der Waals surface area contributed by atoms with Gasteiger partial charge in [-0.1, -0.05) is 33.6 Å². The van der Waals surface area contributed by atoms with E-state index in [1.54, 1.807) is 6.07 Å². The monoisotopic (exact) mass is 476 g/mol. The minimum absolute atomic E-state index is 0.0455. The Morgan fingerprint density at radius 1 is 1.33 bits per heavy atom. The second-order valence-corrected chi connectivity index (χ2v) is 7.37. The minimum atomic E-state index is 0.0455. The fraction of sp³-hybridized carbons (Fsp3) is 0.188. The molecule has 1 heterocycles. The number of carbonyl (C=O) groups excluding carboxylic acids is 1. The number of hydrogen-bond donors (Lipinski definition) is 0. The predicted molar refractivity (Wildman–Crippen MR) is 95.5 cm³/mol. The van der Waals surface area contributed by atoms with Gasteiger partial charge in [0.1, 0.15) is 5.75 Å². The molecule has 0 aliphatic carbocycles. The maximum Gasteiger partial charge on any atom is 0.167 e. The lowest BCUT2D eigenvalue weighted by Gasteiger charge is -2.09.